The smallest absolute Gasteiger partial charge is 0.204 e. The molecule has 0 atom stereocenters. The number of para-hydroxylation sites is 1. The molecular formula is C17H11NO3S. The van der Waals surface area contributed by atoms with Crippen molar-refractivity contribution in [2.24, 2.45) is 0 Å². The molecule has 5 heteroatoms. The summed E-state index contributed by atoms with van der Waals surface area (Å²) in [5.41, 5.74) is 1.28. The lowest BCUT2D eigenvalue weighted by atomic mass is 10.2. The van der Waals surface area contributed by atoms with Crippen molar-refractivity contribution < 1.29 is 13.2 Å². The summed E-state index contributed by atoms with van der Waals surface area (Å²) >= 11 is 0. The number of benzene rings is 2. The van der Waals surface area contributed by atoms with Gasteiger partial charge < -0.3 is 4.74 Å². The van der Waals surface area contributed by atoms with Crippen molar-refractivity contribution in [2.45, 2.75) is 4.90 Å². The largest absolute Gasteiger partial charge is 0.454 e. The van der Waals surface area contributed by atoms with Crippen molar-refractivity contribution in [3.63, 3.8) is 0 Å². The molecule has 0 saturated heterocycles. The van der Waals surface area contributed by atoms with Crippen LogP contribution in [0.5, 0.6) is 5.75 Å². The van der Waals surface area contributed by atoms with Gasteiger partial charge in [0, 0.05) is 17.1 Å². The van der Waals surface area contributed by atoms with Gasteiger partial charge in [-0.3, -0.25) is 4.98 Å². The van der Waals surface area contributed by atoms with Gasteiger partial charge in [0.2, 0.25) is 9.84 Å². The number of nitrogens with zero attached hydrogens (tertiary/aromatic N) is 1. The van der Waals surface area contributed by atoms with Crippen LogP contribution in [-0.2, 0) is 9.84 Å². The molecule has 2 aromatic carbocycles. The highest BCUT2D eigenvalue weighted by Gasteiger charge is 2.28. The molecule has 0 N–H and O–H groups in total. The zero-order valence-corrected chi connectivity index (χ0v) is 12.2. The van der Waals surface area contributed by atoms with E-state index in [2.05, 4.69) is 4.98 Å². The lowest BCUT2D eigenvalue weighted by molar-refractivity contribution is 0.520. The molecule has 0 amide bonds. The molecule has 0 bridgehead atoms. The van der Waals surface area contributed by atoms with Gasteiger partial charge in [-0.05, 0) is 24.3 Å². The van der Waals surface area contributed by atoms with Crippen molar-refractivity contribution in [3.8, 4) is 5.75 Å². The van der Waals surface area contributed by atoms with Crippen LogP contribution in [0.1, 0.15) is 5.56 Å². The third-order valence-corrected chi connectivity index (χ3v) is 5.03. The first kappa shape index (κ1) is 13.0. The maximum atomic E-state index is 12.1. The van der Waals surface area contributed by atoms with E-state index in [-0.39, 0.29) is 4.90 Å². The monoisotopic (exact) mass is 309 g/mol. The number of fused-ring (bicyclic) bond motifs is 2. The molecule has 0 radical (unpaired) electrons. The quantitative estimate of drug-likeness (QED) is 0.728. The molecule has 3 aromatic rings. The van der Waals surface area contributed by atoms with Crippen molar-refractivity contribution in [3.05, 3.63) is 71.8 Å². The average Bonchev–Trinajstić information content (AvgIpc) is 2.79. The van der Waals surface area contributed by atoms with Crippen LogP contribution in [0.3, 0.4) is 0 Å². The summed E-state index contributed by atoms with van der Waals surface area (Å²) in [6, 6.07) is 16.2. The van der Waals surface area contributed by atoms with Crippen LogP contribution >= 0.6 is 0 Å². The van der Waals surface area contributed by atoms with E-state index in [0.29, 0.717) is 22.6 Å². The number of sulfone groups is 1. The Kier molecular flexibility index (Phi) is 2.77. The van der Waals surface area contributed by atoms with Crippen LogP contribution in [0.15, 0.2) is 71.1 Å². The normalized spacial score (nSPS) is 15.4. The number of hydrogen-bond donors (Lipinski definition) is 0. The molecule has 4 nitrogen and oxygen atoms in total. The summed E-state index contributed by atoms with van der Waals surface area (Å²) < 4.78 is 30.2. The summed E-state index contributed by atoms with van der Waals surface area (Å²) in [4.78, 5) is 4.59. The van der Waals surface area contributed by atoms with E-state index < -0.39 is 9.84 Å². The molecule has 108 valence electrons. The highest BCUT2D eigenvalue weighted by Crippen LogP contribution is 2.36. The molecular weight excluding hydrogens is 298 g/mol. The van der Waals surface area contributed by atoms with Gasteiger partial charge in [-0.15, -0.1) is 0 Å². The van der Waals surface area contributed by atoms with Gasteiger partial charge in [-0.1, -0.05) is 30.3 Å². The topological polar surface area (TPSA) is 56.3 Å². The van der Waals surface area contributed by atoms with Crippen LogP contribution in [0, 0.1) is 0 Å². The van der Waals surface area contributed by atoms with E-state index in [1.165, 1.54) is 5.41 Å². The SMILES string of the molecule is O=S1(=O)C=C(Oc2cccc3cccnc23)c2ccccc21. The number of aromatic nitrogens is 1. The lowest BCUT2D eigenvalue weighted by Crippen LogP contribution is -1.94. The van der Waals surface area contributed by atoms with Crippen LogP contribution < -0.4 is 4.74 Å². The van der Waals surface area contributed by atoms with Gasteiger partial charge in [0.1, 0.15) is 11.3 Å². The zero-order chi connectivity index (χ0) is 15.2. The second kappa shape index (κ2) is 4.68. The van der Waals surface area contributed by atoms with Crippen LogP contribution in [0.4, 0.5) is 0 Å². The molecule has 2 heterocycles. The molecule has 1 aromatic heterocycles. The number of ether oxygens (including phenoxy) is 1. The fourth-order valence-corrected chi connectivity index (χ4v) is 3.87. The molecule has 0 saturated carbocycles. The third kappa shape index (κ3) is 1.98. The van der Waals surface area contributed by atoms with E-state index in [1.54, 1.807) is 36.5 Å². The van der Waals surface area contributed by atoms with Gasteiger partial charge in [0.25, 0.3) is 0 Å². The maximum Gasteiger partial charge on any atom is 0.204 e. The van der Waals surface area contributed by atoms with E-state index in [1.807, 2.05) is 24.3 Å². The van der Waals surface area contributed by atoms with E-state index in [9.17, 15) is 8.42 Å². The van der Waals surface area contributed by atoms with Gasteiger partial charge in [-0.2, -0.15) is 0 Å². The van der Waals surface area contributed by atoms with Crippen molar-refractivity contribution in [1.29, 1.82) is 0 Å². The van der Waals surface area contributed by atoms with Crippen LogP contribution in [-0.4, -0.2) is 13.4 Å². The predicted molar refractivity (Wildman–Crippen MR) is 84.0 cm³/mol. The Morgan fingerprint density at radius 3 is 2.64 bits per heavy atom. The summed E-state index contributed by atoms with van der Waals surface area (Å²) in [7, 11) is -3.44. The van der Waals surface area contributed by atoms with Crippen LogP contribution in [0.25, 0.3) is 16.7 Å². The molecule has 0 fully saturated rings. The van der Waals surface area contributed by atoms with Crippen molar-refractivity contribution in [2.75, 3.05) is 0 Å². The summed E-state index contributed by atoms with van der Waals surface area (Å²) in [6.07, 6.45) is 1.68. The second-order valence-corrected chi connectivity index (χ2v) is 6.72. The maximum absolute atomic E-state index is 12.1. The Bertz CT molecular complexity index is 1020. The first-order valence-corrected chi connectivity index (χ1v) is 8.27. The molecule has 22 heavy (non-hydrogen) atoms. The second-order valence-electron chi connectivity index (χ2n) is 4.96. The zero-order valence-electron chi connectivity index (χ0n) is 11.4. The van der Waals surface area contributed by atoms with Gasteiger partial charge in [0.05, 0.1) is 10.3 Å². The molecule has 0 spiro atoms. The summed E-state index contributed by atoms with van der Waals surface area (Å²) in [6.45, 7) is 0. The lowest BCUT2D eigenvalue weighted by Gasteiger charge is -2.09. The summed E-state index contributed by atoms with van der Waals surface area (Å²) in [5, 5.41) is 2.11. The fourth-order valence-electron chi connectivity index (χ4n) is 2.54. The first-order chi connectivity index (χ1) is 10.6. The van der Waals surface area contributed by atoms with E-state index >= 15 is 0 Å². The molecule has 0 unspecified atom stereocenters. The Balaban J connectivity index is 1.85. The Labute approximate surface area is 127 Å². The van der Waals surface area contributed by atoms with Gasteiger partial charge in [0.15, 0.2) is 5.75 Å². The van der Waals surface area contributed by atoms with Crippen molar-refractivity contribution in [1.82, 2.24) is 4.98 Å². The van der Waals surface area contributed by atoms with Crippen molar-refractivity contribution >= 4 is 26.5 Å². The van der Waals surface area contributed by atoms with Gasteiger partial charge in [-0.25, -0.2) is 8.42 Å². The molecule has 0 aliphatic carbocycles. The highest BCUT2D eigenvalue weighted by molar-refractivity contribution is 7.94. The minimum atomic E-state index is -3.44. The van der Waals surface area contributed by atoms with Gasteiger partial charge >= 0.3 is 0 Å². The highest BCUT2D eigenvalue weighted by atomic mass is 32.2. The molecule has 1 aliphatic heterocycles. The molecule has 4 rings (SSSR count). The standard InChI is InChI=1S/C17H11NO3S/c19-22(20)11-15(13-7-1-2-9-16(13)22)21-14-8-3-5-12-6-4-10-18-17(12)14/h1-11H. The molecule has 1 aliphatic rings. The number of rotatable bonds is 2. The summed E-state index contributed by atoms with van der Waals surface area (Å²) in [5.74, 6) is 0.866. The number of pyridine rings is 1. The fraction of sp³-hybridized carbons (Fsp3) is 0. The minimum Gasteiger partial charge on any atom is -0.454 e. The Morgan fingerprint density at radius 2 is 1.73 bits per heavy atom. The van der Waals surface area contributed by atoms with E-state index in [4.69, 9.17) is 4.74 Å². The van der Waals surface area contributed by atoms with Crippen LogP contribution in [0.2, 0.25) is 0 Å². The minimum absolute atomic E-state index is 0.276. The predicted octanol–water partition coefficient (Wildman–Crippen LogP) is 3.40. The first-order valence-electron chi connectivity index (χ1n) is 6.73. The Hall–Kier alpha value is -2.66. The van der Waals surface area contributed by atoms with E-state index in [0.717, 1.165) is 5.39 Å². The number of hydrogen-bond acceptors (Lipinski definition) is 4. The Morgan fingerprint density at radius 1 is 0.909 bits per heavy atom. The third-order valence-electron chi connectivity index (χ3n) is 3.54. The average molecular weight is 309 g/mol.